The second-order valence-electron chi connectivity index (χ2n) is 7.87. The fourth-order valence-electron chi connectivity index (χ4n) is 5.70. The number of imide groups is 1. The molecule has 1 aromatic carbocycles. The van der Waals surface area contributed by atoms with Gasteiger partial charge in [-0.15, -0.1) is 0 Å². The number of nitrogens with zero attached hydrogens (tertiary/aromatic N) is 1. The van der Waals surface area contributed by atoms with Gasteiger partial charge in [-0.25, -0.2) is 4.79 Å². The molecule has 24 heavy (non-hydrogen) atoms. The summed E-state index contributed by atoms with van der Waals surface area (Å²) in [6, 6.07) is 6.59. The monoisotopic (exact) mass is 325 g/mol. The summed E-state index contributed by atoms with van der Waals surface area (Å²) in [6.45, 7) is 0. The molecule has 3 bridgehead atoms. The molecule has 0 aromatic heterocycles. The molecule has 4 aliphatic rings. The third-order valence-corrected chi connectivity index (χ3v) is 6.63. The molecular formula is C19H19NO4. The van der Waals surface area contributed by atoms with E-state index in [4.69, 9.17) is 4.84 Å². The number of fused-ring (bicyclic) bond motifs is 3. The maximum absolute atomic E-state index is 13.0. The molecule has 3 aliphatic carbocycles. The Hall–Kier alpha value is -2.17. The van der Waals surface area contributed by atoms with Crippen LogP contribution < -0.4 is 0 Å². The average molecular weight is 325 g/mol. The van der Waals surface area contributed by atoms with Crippen LogP contribution in [0.5, 0.6) is 0 Å². The number of carbonyl (C=O) groups is 3. The Morgan fingerprint density at radius 2 is 1.67 bits per heavy atom. The first-order valence-electron chi connectivity index (χ1n) is 8.79. The van der Waals surface area contributed by atoms with Crippen molar-refractivity contribution >= 4 is 17.8 Å². The van der Waals surface area contributed by atoms with Crippen LogP contribution in [0.4, 0.5) is 0 Å². The lowest BCUT2D eigenvalue weighted by atomic mass is 9.61. The van der Waals surface area contributed by atoms with Crippen LogP contribution in [0.15, 0.2) is 24.3 Å². The SMILES string of the molecule is O=C1c2ccccc2C(=O)N1OC(=O)C12CC3CCC1CC(C3)C2. The van der Waals surface area contributed by atoms with Gasteiger partial charge in [-0.3, -0.25) is 9.59 Å². The van der Waals surface area contributed by atoms with Gasteiger partial charge in [-0.05, 0) is 62.0 Å². The fraction of sp³-hybridized carbons (Fsp3) is 0.526. The van der Waals surface area contributed by atoms with Gasteiger partial charge in [-0.2, -0.15) is 0 Å². The lowest BCUT2D eigenvalue weighted by Gasteiger charge is -2.43. The normalized spacial score (nSPS) is 36.2. The highest BCUT2D eigenvalue weighted by Crippen LogP contribution is 2.63. The number of hydroxylamine groups is 2. The minimum absolute atomic E-state index is 0.308. The van der Waals surface area contributed by atoms with Crippen LogP contribution in [-0.4, -0.2) is 22.8 Å². The highest BCUT2D eigenvalue weighted by atomic mass is 16.7. The van der Waals surface area contributed by atoms with Gasteiger partial charge in [0.05, 0.1) is 16.5 Å². The summed E-state index contributed by atoms with van der Waals surface area (Å²) in [5.41, 5.74) is 0.144. The van der Waals surface area contributed by atoms with E-state index in [1.807, 2.05) is 0 Å². The van der Waals surface area contributed by atoms with Crippen LogP contribution in [0.3, 0.4) is 0 Å². The lowest BCUT2D eigenvalue weighted by Crippen LogP contribution is -2.46. The molecule has 3 fully saturated rings. The topological polar surface area (TPSA) is 63.7 Å². The number of carbonyl (C=O) groups excluding carboxylic acids is 3. The number of hydrogen-bond donors (Lipinski definition) is 0. The van der Waals surface area contributed by atoms with Gasteiger partial charge in [0.25, 0.3) is 11.8 Å². The minimum atomic E-state index is -0.532. The summed E-state index contributed by atoms with van der Waals surface area (Å²) in [4.78, 5) is 43.3. The maximum Gasteiger partial charge on any atom is 0.339 e. The first-order valence-corrected chi connectivity index (χ1v) is 8.79. The van der Waals surface area contributed by atoms with Crippen LogP contribution in [0.1, 0.15) is 59.2 Å². The molecule has 0 radical (unpaired) electrons. The van der Waals surface area contributed by atoms with Crippen molar-refractivity contribution in [3.8, 4) is 0 Å². The molecule has 124 valence electrons. The highest BCUT2D eigenvalue weighted by Gasteiger charge is 2.60. The summed E-state index contributed by atoms with van der Waals surface area (Å²) in [7, 11) is 0. The van der Waals surface area contributed by atoms with Gasteiger partial charge in [0.2, 0.25) is 0 Å². The predicted molar refractivity (Wildman–Crippen MR) is 83.6 cm³/mol. The zero-order valence-corrected chi connectivity index (χ0v) is 13.4. The quantitative estimate of drug-likeness (QED) is 0.784. The van der Waals surface area contributed by atoms with Crippen LogP contribution in [0, 0.1) is 23.2 Å². The number of rotatable bonds is 2. The van der Waals surface area contributed by atoms with Crippen molar-refractivity contribution in [3.05, 3.63) is 35.4 Å². The van der Waals surface area contributed by atoms with E-state index in [2.05, 4.69) is 0 Å². The van der Waals surface area contributed by atoms with Gasteiger partial charge in [0.1, 0.15) is 0 Å². The molecule has 5 nitrogen and oxygen atoms in total. The lowest BCUT2D eigenvalue weighted by molar-refractivity contribution is -0.188. The molecule has 2 amide bonds. The van der Waals surface area contributed by atoms with Crippen molar-refractivity contribution in [3.63, 3.8) is 0 Å². The van der Waals surface area contributed by atoms with E-state index in [9.17, 15) is 14.4 Å². The molecule has 0 spiro atoms. The van der Waals surface area contributed by atoms with Crippen LogP contribution in [0.25, 0.3) is 0 Å². The average Bonchev–Trinajstić information content (AvgIpc) is 2.91. The molecule has 4 atom stereocenters. The van der Waals surface area contributed by atoms with E-state index in [0.717, 1.165) is 25.7 Å². The van der Waals surface area contributed by atoms with Crippen LogP contribution >= 0.6 is 0 Å². The summed E-state index contributed by atoms with van der Waals surface area (Å²) >= 11 is 0. The summed E-state index contributed by atoms with van der Waals surface area (Å²) in [5, 5.41) is 0.678. The number of benzene rings is 1. The first-order chi connectivity index (χ1) is 11.6. The largest absolute Gasteiger partial charge is 0.339 e. The Balaban J connectivity index is 1.42. The Kier molecular flexibility index (Phi) is 2.77. The summed E-state index contributed by atoms with van der Waals surface area (Å²) < 4.78 is 0. The van der Waals surface area contributed by atoms with Crippen molar-refractivity contribution in [2.45, 2.75) is 38.5 Å². The molecule has 1 aromatic rings. The molecule has 0 saturated heterocycles. The van der Waals surface area contributed by atoms with Crippen molar-refractivity contribution in [1.29, 1.82) is 0 Å². The predicted octanol–water partition coefficient (Wildman–Crippen LogP) is 2.96. The second kappa shape index (κ2) is 4.68. The van der Waals surface area contributed by atoms with Crippen LogP contribution in [0.2, 0.25) is 0 Å². The molecule has 1 aliphatic heterocycles. The van der Waals surface area contributed by atoms with Crippen molar-refractivity contribution in [2.75, 3.05) is 0 Å². The Labute approximate surface area is 139 Å². The van der Waals surface area contributed by atoms with Gasteiger partial charge < -0.3 is 4.84 Å². The Morgan fingerprint density at radius 1 is 1.00 bits per heavy atom. The van der Waals surface area contributed by atoms with E-state index in [1.165, 1.54) is 12.8 Å². The van der Waals surface area contributed by atoms with Gasteiger partial charge in [0.15, 0.2) is 0 Å². The maximum atomic E-state index is 13.0. The van der Waals surface area contributed by atoms with Crippen molar-refractivity contribution < 1.29 is 19.2 Å². The van der Waals surface area contributed by atoms with Crippen LogP contribution in [-0.2, 0) is 9.63 Å². The molecule has 0 N–H and O–H groups in total. The van der Waals surface area contributed by atoms with E-state index in [0.29, 0.717) is 33.9 Å². The number of hydrogen-bond acceptors (Lipinski definition) is 4. The standard InChI is InChI=1S/C19H19NO4/c21-16-14-3-1-2-4-15(14)17(22)20(16)24-18(23)19-9-11-5-6-13(19)8-12(7-11)10-19/h1-4,11-13H,5-10H2. The molecule has 3 saturated carbocycles. The fourth-order valence-corrected chi connectivity index (χ4v) is 5.70. The van der Waals surface area contributed by atoms with E-state index in [1.54, 1.807) is 24.3 Å². The zero-order valence-electron chi connectivity index (χ0n) is 13.4. The van der Waals surface area contributed by atoms with E-state index >= 15 is 0 Å². The molecule has 4 unspecified atom stereocenters. The molecule has 1 heterocycles. The van der Waals surface area contributed by atoms with Crippen molar-refractivity contribution in [1.82, 2.24) is 5.06 Å². The first kappa shape index (κ1) is 14.2. The van der Waals surface area contributed by atoms with E-state index < -0.39 is 17.2 Å². The highest BCUT2D eigenvalue weighted by molar-refractivity contribution is 6.20. The smallest absolute Gasteiger partial charge is 0.329 e. The number of amides is 2. The third kappa shape index (κ3) is 1.73. The second-order valence-corrected chi connectivity index (χ2v) is 7.87. The molecular weight excluding hydrogens is 306 g/mol. The van der Waals surface area contributed by atoms with Gasteiger partial charge in [0, 0.05) is 0 Å². The Bertz CT molecular complexity index is 737. The molecule has 5 heteroatoms. The van der Waals surface area contributed by atoms with E-state index in [-0.39, 0.29) is 5.97 Å². The molecule has 5 rings (SSSR count). The van der Waals surface area contributed by atoms with Crippen molar-refractivity contribution in [2.24, 2.45) is 23.2 Å². The summed E-state index contributed by atoms with van der Waals surface area (Å²) in [5.74, 6) is 0.118. The Morgan fingerprint density at radius 3 is 2.38 bits per heavy atom. The van der Waals surface area contributed by atoms with Gasteiger partial charge >= 0.3 is 5.97 Å². The van der Waals surface area contributed by atoms with Gasteiger partial charge in [-0.1, -0.05) is 23.6 Å². The zero-order chi connectivity index (χ0) is 16.5. The minimum Gasteiger partial charge on any atom is -0.329 e. The summed E-state index contributed by atoms with van der Waals surface area (Å²) in [6.07, 6.45) is 6.29. The third-order valence-electron chi connectivity index (χ3n) is 6.63.